The van der Waals surface area contributed by atoms with E-state index in [1.54, 1.807) is 18.2 Å². The van der Waals surface area contributed by atoms with Crippen molar-refractivity contribution in [3.8, 4) is 0 Å². The fourth-order valence-electron chi connectivity index (χ4n) is 2.59. The van der Waals surface area contributed by atoms with Gasteiger partial charge in [-0.1, -0.05) is 18.7 Å². The molecule has 0 aromatic heterocycles. The van der Waals surface area contributed by atoms with Crippen molar-refractivity contribution in [2.24, 2.45) is 5.73 Å². The predicted molar refractivity (Wildman–Crippen MR) is 90.2 cm³/mol. The Bertz CT molecular complexity index is 502. The molecule has 1 saturated heterocycles. The monoisotopic (exact) mass is 318 g/mol. The largest absolute Gasteiger partial charge is 0.454 e. The zero-order chi connectivity index (χ0) is 16.5. The van der Waals surface area contributed by atoms with Crippen molar-refractivity contribution < 1.29 is 14.3 Å². The molecule has 0 saturated carbocycles. The molecule has 5 heteroatoms. The van der Waals surface area contributed by atoms with Gasteiger partial charge in [-0.2, -0.15) is 0 Å². The van der Waals surface area contributed by atoms with Crippen molar-refractivity contribution in [1.82, 2.24) is 4.90 Å². The van der Waals surface area contributed by atoms with Crippen LogP contribution in [0.15, 0.2) is 48.5 Å². The standard InChI is InChI=1S/C18H26N2O3/c1-2-16-17(23-14-22-16)9-5-4-8-15(19)10-11-18(21)20-12-6-3-7-13-20/h2,5,9-11,15H,1,3-4,6-8,12-14,19H2/b9-5-,11-10+. The summed E-state index contributed by atoms with van der Waals surface area (Å²) in [6.07, 6.45) is 13.9. The van der Waals surface area contributed by atoms with Crippen molar-refractivity contribution in [1.29, 1.82) is 0 Å². The van der Waals surface area contributed by atoms with Gasteiger partial charge in [-0.3, -0.25) is 4.79 Å². The Morgan fingerprint density at radius 1 is 1.26 bits per heavy atom. The quantitative estimate of drug-likeness (QED) is 0.733. The minimum Gasteiger partial charge on any atom is -0.454 e. The molecule has 0 bridgehead atoms. The van der Waals surface area contributed by atoms with Crippen LogP contribution in [0.1, 0.15) is 32.1 Å². The fourth-order valence-corrected chi connectivity index (χ4v) is 2.59. The number of nitrogens with two attached hydrogens (primary N) is 1. The average molecular weight is 318 g/mol. The number of carbonyl (C=O) groups is 1. The molecule has 0 aromatic rings. The van der Waals surface area contributed by atoms with E-state index in [1.807, 2.05) is 17.1 Å². The summed E-state index contributed by atoms with van der Waals surface area (Å²) in [6.45, 7) is 5.63. The summed E-state index contributed by atoms with van der Waals surface area (Å²) in [5.74, 6) is 1.44. The number of rotatable bonds is 7. The highest BCUT2D eigenvalue weighted by atomic mass is 16.7. The van der Waals surface area contributed by atoms with E-state index >= 15 is 0 Å². The molecule has 1 atom stereocenters. The van der Waals surface area contributed by atoms with Gasteiger partial charge in [0.25, 0.3) is 0 Å². The Morgan fingerprint density at radius 2 is 2.00 bits per heavy atom. The van der Waals surface area contributed by atoms with E-state index in [1.165, 1.54) is 6.42 Å². The lowest BCUT2D eigenvalue weighted by Gasteiger charge is -2.25. The maximum absolute atomic E-state index is 12.0. The molecule has 0 radical (unpaired) electrons. The molecule has 1 amide bonds. The molecular weight excluding hydrogens is 292 g/mol. The lowest BCUT2D eigenvalue weighted by atomic mass is 10.1. The van der Waals surface area contributed by atoms with E-state index in [9.17, 15) is 4.79 Å². The van der Waals surface area contributed by atoms with Gasteiger partial charge >= 0.3 is 0 Å². The van der Waals surface area contributed by atoms with Crippen LogP contribution in [0.4, 0.5) is 0 Å². The lowest BCUT2D eigenvalue weighted by Crippen LogP contribution is -2.34. The number of amides is 1. The van der Waals surface area contributed by atoms with Crippen molar-refractivity contribution in [3.05, 3.63) is 48.5 Å². The molecule has 2 aliphatic rings. The molecule has 2 aliphatic heterocycles. The molecule has 2 heterocycles. The molecule has 23 heavy (non-hydrogen) atoms. The highest BCUT2D eigenvalue weighted by molar-refractivity contribution is 5.87. The van der Waals surface area contributed by atoms with Crippen LogP contribution in [0.3, 0.4) is 0 Å². The zero-order valence-corrected chi connectivity index (χ0v) is 13.6. The summed E-state index contributed by atoms with van der Waals surface area (Å²) in [6, 6.07) is -0.123. The first-order valence-corrected chi connectivity index (χ1v) is 8.22. The number of allylic oxidation sites excluding steroid dienone is 3. The van der Waals surface area contributed by atoms with Gasteiger partial charge in [0, 0.05) is 25.2 Å². The van der Waals surface area contributed by atoms with E-state index in [0.29, 0.717) is 11.5 Å². The normalized spacial score (nSPS) is 20.0. The minimum absolute atomic E-state index is 0.0768. The molecule has 126 valence electrons. The summed E-state index contributed by atoms with van der Waals surface area (Å²) < 4.78 is 10.5. The van der Waals surface area contributed by atoms with Gasteiger partial charge in [0.1, 0.15) is 0 Å². The van der Waals surface area contributed by atoms with E-state index in [4.69, 9.17) is 15.2 Å². The molecule has 0 spiro atoms. The molecule has 0 aliphatic carbocycles. The number of ether oxygens (including phenoxy) is 2. The van der Waals surface area contributed by atoms with Crippen molar-refractivity contribution in [3.63, 3.8) is 0 Å². The number of carbonyl (C=O) groups excluding carboxylic acids is 1. The number of hydrogen-bond donors (Lipinski definition) is 1. The third-order valence-corrected chi connectivity index (χ3v) is 3.95. The van der Waals surface area contributed by atoms with E-state index in [2.05, 4.69) is 6.58 Å². The van der Waals surface area contributed by atoms with Gasteiger partial charge < -0.3 is 20.1 Å². The molecule has 2 rings (SSSR count). The highest BCUT2D eigenvalue weighted by Crippen LogP contribution is 2.18. The minimum atomic E-state index is -0.123. The zero-order valence-electron chi connectivity index (χ0n) is 13.6. The summed E-state index contributed by atoms with van der Waals surface area (Å²) in [7, 11) is 0. The van der Waals surface area contributed by atoms with Gasteiger partial charge in [0.05, 0.1) is 0 Å². The molecule has 1 unspecified atom stereocenters. The van der Waals surface area contributed by atoms with E-state index in [-0.39, 0.29) is 18.7 Å². The van der Waals surface area contributed by atoms with Gasteiger partial charge in [0.2, 0.25) is 12.7 Å². The van der Waals surface area contributed by atoms with Crippen LogP contribution in [0.25, 0.3) is 0 Å². The van der Waals surface area contributed by atoms with Gasteiger partial charge in [0.15, 0.2) is 11.5 Å². The average Bonchev–Trinajstić information content (AvgIpc) is 3.05. The van der Waals surface area contributed by atoms with Crippen molar-refractivity contribution in [2.75, 3.05) is 19.9 Å². The first-order chi connectivity index (χ1) is 11.2. The second-order valence-electron chi connectivity index (χ2n) is 5.73. The Balaban J connectivity index is 1.70. The summed E-state index contributed by atoms with van der Waals surface area (Å²) in [5.41, 5.74) is 6.02. The Morgan fingerprint density at radius 3 is 2.74 bits per heavy atom. The van der Waals surface area contributed by atoms with Crippen LogP contribution in [-0.4, -0.2) is 36.7 Å². The third-order valence-electron chi connectivity index (χ3n) is 3.95. The Hall–Kier alpha value is -2.01. The lowest BCUT2D eigenvalue weighted by molar-refractivity contribution is -0.126. The van der Waals surface area contributed by atoms with E-state index in [0.717, 1.165) is 38.8 Å². The van der Waals surface area contributed by atoms with Crippen LogP contribution >= 0.6 is 0 Å². The second kappa shape index (κ2) is 9.20. The second-order valence-corrected chi connectivity index (χ2v) is 5.73. The van der Waals surface area contributed by atoms with Crippen LogP contribution in [0.2, 0.25) is 0 Å². The molecule has 5 nitrogen and oxygen atoms in total. The fraction of sp³-hybridized carbons (Fsp3) is 0.500. The van der Waals surface area contributed by atoms with Gasteiger partial charge in [-0.15, -0.1) is 0 Å². The number of nitrogens with zero attached hydrogens (tertiary/aromatic N) is 1. The van der Waals surface area contributed by atoms with Crippen LogP contribution in [-0.2, 0) is 14.3 Å². The summed E-state index contributed by atoms with van der Waals surface area (Å²) >= 11 is 0. The van der Waals surface area contributed by atoms with Crippen LogP contribution in [0.5, 0.6) is 0 Å². The van der Waals surface area contributed by atoms with Gasteiger partial charge in [-0.05, 0) is 44.3 Å². The highest BCUT2D eigenvalue weighted by Gasteiger charge is 2.14. The third kappa shape index (κ3) is 5.60. The Kier molecular flexibility index (Phi) is 6.94. The van der Waals surface area contributed by atoms with Crippen molar-refractivity contribution >= 4 is 5.91 Å². The molecular formula is C18H26N2O3. The molecule has 0 aromatic carbocycles. The van der Waals surface area contributed by atoms with Gasteiger partial charge in [-0.25, -0.2) is 0 Å². The van der Waals surface area contributed by atoms with Crippen molar-refractivity contribution in [2.45, 2.75) is 38.1 Å². The number of likely N-dealkylation sites (tertiary alicyclic amines) is 1. The number of piperidine rings is 1. The topological polar surface area (TPSA) is 64.8 Å². The Labute approximate surface area is 138 Å². The first-order valence-electron chi connectivity index (χ1n) is 8.22. The smallest absolute Gasteiger partial charge is 0.246 e. The summed E-state index contributed by atoms with van der Waals surface area (Å²) in [5, 5.41) is 0. The maximum atomic E-state index is 12.0. The molecule has 2 N–H and O–H groups in total. The molecule has 1 fully saturated rings. The van der Waals surface area contributed by atoms with E-state index < -0.39 is 0 Å². The first kappa shape index (κ1) is 17.3. The SMILES string of the molecule is C=CC1=C(/C=C\CCC(N)/C=C/C(=O)N2CCCCC2)OCO1. The van der Waals surface area contributed by atoms with Crippen LogP contribution in [0, 0.1) is 0 Å². The predicted octanol–water partition coefficient (Wildman–Crippen LogP) is 2.62. The maximum Gasteiger partial charge on any atom is 0.246 e. The number of hydrogen-bond acceptors (Lipinski definition) is 4. The summed E-state index contributed by atoms with van der Waals surface area (Å²) in [4.78, 5) is 13.9. The van der Waals surface area contributed by atoms with Crippen LogP contribution < -0.4 is 5.73 Å².